The zero-order valence-electron chi connectivity index (χ0n) is 11.6. The highest BCUT2D eigenvalue weighted by Crippen LogP contribution is 2.18. The molecule has 0 aromatic carbocycles. The largest absolute Gasteiger partial charge is 0.298 e. The summed E-state index contributed by atoms with van der Waals surface area (Å²) in [5, 5.41) is 0. The van der Waals surface area contributed by atoms with E-state index >= 15 is 0 Å². The van der Waals surface area contributed by atoms with E-state index in [4.69, 9.17) is 0 Å². The molecule has 0 aliphatic rings. The van der Waals surface area contributed by atoms with Gasteiger partial charge in [-0.2, -0.15) is 0 Å². The maximum Gasteiger partial charge on any atom is 0.00978 e. The Hall–Kier alpha value is -0.0400. The maximum absolute atomic E-state index is 2.74. The van der Waals surface area contributed by atoms with E-state index < -0.39 is 0 Å². The molecule has 0 aliphatic heterocycles. The van der Waals surface area contributed by atoms with Crippen LogP contribution in [-0.4, -0.2) is 23.5 Å². The summed E-state index contributed by atoms with van der Waals surface area (Å²) in [5.74, 6) is 0. The van der Waals surface area contributed by atoms with Gasteiger partial charge in [0.2, 0.25) is 0 Å². The summed E-state index contributed by atoms with van der Waals surface area (Å²) in [6.45, 7) is 12.9. The van der Waals surface area contributed by atoms with E-state index in [9.17, 15) is 0 Å². The van der Waals surface area contributed by atoms with Gasteiger partial charge in [0, 0.05) is 12.1 Å². The van der Waals surface area contributed by atoms with Crippen LogP contribution in [0.15, 0.2) is 0 Å². The van der Waals surface area contributed by atoms with Gasteiger partial charge in [-0.1, -0.05) is 40.5 Å². The quantitative estimate of drug-likeness (QED) is 0.546. The fourth-order valence-electron chi connectivity index (χ4n) is 2.40. The van der Waals surface area contributed by atoms with Crippen molar-refractivity contribution in [3.63, 3.8) is 0 Å². The molecule has 0 fully saturated rings. The third-order valence-corrected chi connectivity index (χ3v) is 3.35. The lowest BCUT2D eigenvalue weighted by Crippen LogP contribution is -2.42. The Morgan fingerprint density at radius 2 is 1.40 bits per heavy atom. The minimum absolute atomic E-state index is 0.757. The third-order valence-electron chi connectivity index (χ3n) is 3.35. The standard InChI is InChI=1S/C14H31N/c1-6-10-14(11-7-2)15(12-8-3)13(5)9-4/h13-14H,6-12H2,1-5H3. The second-order valence-corrected chi connectivity index (χ2v) is 4.73. The van der Waals surface area contributed by atoms with E-state index in [-0.39, 0.29) is 0 Å². The van der Waals surface area contributed by atoms with Crippen LogP contribution in [0.25, 0.3) is 0 Å². The molecule has 0 spiro atoms. The SMILES string of the molecule is CCCC(CCC)N(CCC)C(C)CC. The number of rotatable bonds is 9. The van der Waals surface area contributed by atoms with Gasteiger partial charge in [0.05, 0.1) is 0 Å². The van der Waals surface area contributed by atoms with Gasteiger partial charge in [-0.3, -0.25) is 4.90 Å². The Kier molecular flexibility index (Phi) is 9.18. The van der Waals surface area contributed by atoms with Gasteiger partial charge in [-0.25, -0.2) is 0 Å². The van der Waals surface area contributed by atoms with Crippen LogP contribution in [0.3, 0.4) is 0 Å². The molecule has 0 saturated carbocycles. The molecule has 0 bridgehead atoms. The second-order valence-electron chi connectivity index (χ2n) is 4.73. The van der Waals surface area contributed by atoms with E-state index in [0.29, 0.717) is 0 Å². The van der Waals surface area contributed by atoms with Crippen molar-refractivity contribution >= 4 is 0 Å². The van der Waals surface area contributed by atoms with E-state index in [1.54, 1.807) is 0 Å². The summed E-state index contributed by atoms with van der Waals surface area (Å²) in [6.07, 6.45) is 7.96. The average molecular weight is 213 g/mol. The molecule has 0 aromatic heterocycles. The minimum atomic E-state index is 0.757. The first-order valence-electron chi connectivity index (χ1n) is 6.96. The lowest BCUT2D eigenvalue weighted by atomic mass is 10.0. The van der Waals surface area contributed by atoms with Crippen LogP contribution < -0.4 is 0 Å². The summed E-state index contributed by atoms with van der Waals surface area (Å²) in [6, 6.07) is 1.59. The molecule has 0 radical (unpaired) electrons. The predicted molar refractivity (Wildman–Crippen MR) is 70.4 cm³/mol. The minimum Gasteiger partial charge on any atom is -0.298 e. The molecular weight excluding hydrogens is 182 g/mol. The number of nitrogens with zero attached hydrogens (tertiary/aromatic N) is 1. The van der Waals surface area contributed by atoms with Crippen molar-refractivity contribution in [3.8, 4) is 0 Å². The first kappa shape index (κ1) is 15.0. The van der Waals surface area contributed by atoms with Crippen molar-refractivity contribution in [1.82, 2.24) is 4.90 Å². The van der Waals surface area contributed by atoms with Crippen LogP contribution in [0, 0.1) is 0 Å². The van der Waals surface area contributed by atoms with Crippen LogP contribution in [-0.2, 0) is 0 Å². The molecule has 0 amide bonds. The van der Waals surface area contributed by atoms with Crippen LogP contribution in [0.4, 0.5) is 0 Å². The van der Waals surface area contributed by atoms with Gasteiger partial charge in [0.25, 0.3) is 0 Å². The molecule has 15 heavy (non-hydrogen) atoms. The fraction of sp³-hybridized carbons (Fsp3) is 1.00. The maximum atomic E-state index is 2.74. The number of hydrogen-bond acceptors (Lipinski definition) is 1. The molecule has 1 heteroatoms. The lowest BCUT2D eigenvalue weighted by molar-refractivity contribution is 0.124. The summed E-state index contributed by atoms with van der Waals surface area (Å²) in [5.41, 5.74) is 0. The summed E-state index contributed by atoms with van der Waals surface area (Å²) >= 11 is 0. The Morgan fingerprint density at radius 1 is 0.867 bits per heavy atom. The van der Waals surface area contributed by atoms with Crippen LogP contribution in [0.5, 0.6) is 0 Å². The summed E-state index contributed by atoms with van der Waals surface area (Å²) in [7, 11) is 0. The van der Waals surface area contributed by atoms with Gasteiger partial charge in [-0.05, 0) is 39.2 Å². The molecule has 0 aromatic rings. The Morgan fingerprint density at radius 3 is 1.73 bits per heavy atom. The topological polar surface area (TPSA) is 3.24 Å². The van der Waals surface area contributed by atoms with Gasteiger partial charge < -0.3 is 0 Å². The zero-order valence-corrected chi connectivity index (χ0v) is 11.6. The third kappa shape index (κ3) is 5.55. The molecule has 1 unspecified atom stereocenters. The van der Waals surface area contributed by atoms with E-state index in [2.05, 4.69) is 39.5 Å². The van der Waals surface area contributed by atoms with Crippen LogP contribution >= 0.6 is 0 Å². The summed E-state index contributed by atoms with van der Waals surface area (Å²) < 4.78 is 0. The van der Waals surface area contributed by atoms with E-state index in [1.165, 1.54) is 45.1 Å². The van der Waals surface area contributed by atoms with Gasteiger partial charge in [-0.15, -0.1) is 0 Å². The first-order chi connectivity index (χ1) is 7.21. The molecule has 1 atom stereocenters. The Bertz CT molecular complexity index is 127. The van der Waals surface area contributed by atoms with Crippen molar-refractivity contribution in [2.75, 3.05) is 6.54 Å². The Balaban J connectivity index is 4.35. The smallest absolute Gasteiger partial charge is 0.00978 e. The van der Waals surface area contributed by atoms with E-state index in [1.807, 2.05) is 0 Å². The normalized spacial score (nSPS) is 13.8. The molecule has 92 valence electrons. The van der Waals surface area contributed by atoms with Crippen LogP contribution in [0.1, 0.15) is 73.1 Å². The predicted octanol–water partition coefficient (Wildman–Crippen LogP) is 4.47. The van der Waals surface area contributed by atoms with Crippen molar-refractivity contribution in [1.29, 1.82) is 0 Å². The molecule has 0 rings (SSSR count). The highest BCUT2D eigenvalue weighted by molar-refractivity contribution is 4.75. The first-order valence-corrected chi connectivity index (χ1v) is 6.96. The zero-order chi connectivity index (χ0) is 11.7. The van der Waals surface area contributed by atoms with Crippen molar-refractivity contribution in [2.24, 2.45) is 0 Å². The van der Waals surface area contributed by atoms with Gasteiger partial charge in [0.15, 0.2) is 0 Å². The second kappa shape index (κ2) is 9.21. The molecular formula is C14H31N. The van der Waals surface area contributed by atoms with E-state index in [0.717, 1.165) is 12.1 Å². The van der Waals surface area contributed by atoms with Crippen molar-refractivity contribution in [2.45, 2.75) is 85.2 Å². The lowest BCUT2D eigenvalue weighted by Gasteiger charge is -2.36. The fourth-order valence-corrected chi connectivity index (χ4v) is 2.40. The van der Waals surface area contributed by atoms with Crippen molar-refractivity contribution < 1.29 is 0 Å². The van der Waals surface area contributed by atoms with Gasteiger partial charge >= 0.3 is 0 Å². The van der Waals surface area contributed by atoms with Crippen LogP contribution in [0.2, 0.25) is 0 Å². The van der Waals surface area contributed by atoms with Crippen molar-refractivity contribution in [3.05, 3.63) is 0 Å². The molecule has 0 N–H and O–H groups in total. The molecule has 0 aliphatic carbocycles. The Labute approximate surface area is 97.2 Å². The monoisotopic (exact) mass is 213 g/mol. The molecule has 0 heterocycles. The summed E-state index contributed by atoms with van der Waals surface area (Å²) in [4.78, 5) is 2.74. The average Bonchev–Trinajstić information content (AvgIpc) is 2.25. The highest BCUT2D eigenvalue weighted by Gasteiger charge is 2.20. The highest BCUT2D eigenvalue weighted by atomic mass is 15.2. The molecule has 0 saturated heterocycles. The van der Waals surface area contributed by atoms with Gasteiger partial charge in [0.1, 0.15) is 0 Å². The number of hydrogen-bond donors (Lipinski definition) is 0. The molecule has 1 nitrogen and oxygen atoms in total.